The molecule has 0 aliphatic heterocycles. The molecule has 2 amide bonds. The normalized spacial score (nSPS) is 12.8. The second-order valence-electron chi connectivity index (χ2n) is 9.69. The SMILES string of the molecule is CCC(C)NC(=O)C(CC)N(Cc1ccc(Cl)cc1)C(=O)CN(c1ccc(C)cc1)S(=O)(=O)c1ccc(Cl)cc1. The largest absolute Gasteiger partial charge is 0.352 e. The summed E-state index contributed by atoms with van der Waals surface area (Å²) in [5, 5.41) is 3.90. The third-order valence-corrected chi connectivity index (χ3v) is 8.95. The maximum absolute atomic E-state index is 14.1. The maximum Gasteiger partial charge on any atom is 0.264 e. The number of aryl methyl sites for hydroxylation is 1. The summed E-state index contributed by atoms with van der Waals surface area (Å²) in [7, 11) is -4.16. The van der Waals surface area contributed by atoms with E-state index in [1.54, 1.807) is 48.5 Å². The van der Waals surface area contributed by atoms with E-state index < -0.39 is 28.5 Å². The summed E-state index contributed by atoms with van der Waals surface area (Å²) in [5.41, 5.74) is 2.03. The maximum atomic E-state index is 14.1. The highest BCUT2D eigenvalue weighted by Crippen LogP contribution is 2.26. The minimum absolute atomic E-state index is 0.00363. The van der Waals surface area contributed by atoms with Gasteiger partial charge in [-0.15, -0.1) is 0 Å². The Kier molecular flexibility index (Phi) is 11.0. The molecule has 0 aromatic heterocycles. The minimum Gasteiger partial charge on any atom is -0.352 e. The van der Waals surface area contributed by atoms with Gasteiger partial charge in [0.1, 0.15) is 12.6 Å². The van der Waals surface area contributed by atoms with Gasteiger partial charge in [0.15, 0.2) is 0 Å². The van der Waals surface area contributed by atoms with Crippen LogP contribution < -0.4 is 9.62 Å². The number of carbonyl (C=O) groups is 2. The van der Waals surface area contributed by atoms with E-state index >= 15 is 0 Å². The number of anilines is 1. The molecule has 40 heavy (non-hydrogen) atoms. The van der Waals surface area contributed by atoms with Crippen molar-refractivity contribution in [2.75, 3.05) is 10.8 Å². The van der Waals surface area contributed by atoms with E-state index in [1.165, 1.54) is 29.2 Å². The highest BCUT2D eigenvalue weighted by molar-refractivity contribution is 7.92. The number of nitrogens with one attached hydrogen (secondary N) is 1. The third-order valence-electron chi connectivity index (χ3n) is 6.66. The fourth-order valence-corrected chi connectivity index (χ4v) is 5.79. The van der Waals surface area contributed by atoms with Crippen molar-refractivity contribution in [1.82, 2.24) is 10.2 Å². The smallest absolute Gasteiger partial charge is 0.264 e. The van der Waals surface area contributed by atoms with Crippen LogP contribution in [0.4, 0.5) is 5.69 Å². The van der Waals surface area contributed by atoms with Gasteiger partial charge < -0.3 is 10.2 Å². The summed E-state index contributed by atoms with van der Waals surface area (Å²) in [6, 6.07) is 18.8. The predicted molar refractivity (Wildman–Crippen MR) is 161 cm³/mol. The predicted octanol–water partition coefficient (Wildman–Crippen LogP) is 6.22. The molecule has 2 unspecified atom stereocenters. The van der Waals surface area contributed by atoms with E-state index in [2.05, 4.69) is 5.32 Å². The van der Waals surface area contributed by atoms with E-state index in [4.69, 9.17) is 23.2 Å². The van der Waals surface area contributed by atoms with Crippen LogP contribution in [-0.4, -0.2) is 43.8 Å². The van der Waals surface area contributed by atoms with E-state index in [0.29, 0.717) is 22.2 Å². The van der Waals surface area contributed by atoms with Crippen LogP contribution in [0, 0.1) is 6.92 Å². The average Bonchev–Trinajstić information content (AvgIpc) is 2.93. The lowest BCUT2D eigenvalue weighted by Gasteiger charge is -2.33. The zero-order chi connectivity index (χ0) is 29.4. The summed E-state index contributed by atoms with van der Waals surface area (Å²) in [4.78, 5) is 28.8. The van der Waals surface area contributed by atoms with Crippen molar-refractivity contribution in [2.24, 2.45) is 0 Å². The second-order valence-corrected chi connectivity index (χ2v) is 12.4. The van der Waals surface area contributed by atoms with Crippen LogP contribution in [0.3, 0.4) is 0 Å². The molecule has 10 heteroatoms. The first kappa shape index (κ1) is 31.5. The van der Waals surface area contributed by atoms with Crippen LogP contribution in [0.15, 0.2) is 77.7 Å². The molecule has 0 fully saturated rings. The van der Waals surface area contributed by atoms with Crippen molar-refractivity contribution < 1.29 is 18.0 Å². The molecule has 7 nitrogen and oxygen atoms in total. The molecule has 3 rings (SSSR count). The number of hydrogen-bond donors (Lipinski definition) is 1. The van der Waals surface area contributed by atoms with Gasteiger partial charge in [-0.3, -0.25) is 13.9 Å². The Morgan fingerprint density at radius 3 is 1.93 bits per heavy atom. The Balaban J connectivity index is 2.04. The number of halogens is 2. The summed E-state index contributed by atoms with van der Waals surface area (Å²) < 4.78 is 28.8. The fraction of sp³-hybridized carbons (Fsp3) is 0.333. The minimum atomic E-state index is -4.16. The first-order valence-electron chi connectivity index (χ1n) is 13.2. The van der Waals surface area contributed by atoms with Crippen molar-refractivity contribution in [3.8, 4) is 0 Å². The molecule has 1 N–H and O–H groups in total. The van der Waals surface area contributed by atoms with E-state index in [1.807, 2.05) is 27.7 Å². The van der Waals surface area contributed by atoms with Gasteiger partial charge in [0.05, 0.1) is 10.6 Å². The van der Waals surface area contributed by atoms with Gasteiger partial charge in [0.25, 0.3) is 10.0 Å². The van der Waals surface area contributed by atoms with Crippen LogP contribution in [0.2, 0.25) is 10.0 Å². The Labute approximate surface area is 247 Å². The standard InChI is InChI=1S/C30H35Cl2N3O4S/c1-5-22(4)33-30(37)28(6-2)34(19-23-9-11-24(31)12-10-23)29(36)20-35(26-15-7-21(3)8-16-26)40(38,39)27-17-13-25(32)14-18-27/h7-18,22,28H,5-6,19-20H2,1-4H3,(H,33,37). The lowest BCUT2D eigenvalue weighted by Crippen LogP contribution is -2.53. The molecular formula is C30H35Cl2N3O4S. The van der Waals surface area contributed by atoms with Crippen LogP contribution in [0.5, 0.6) is 0 Å². The summed E-state index contributed by atoms with van der Waals surface area (Å²) >= 11 is 12.1. The molecule has 0 aliphatic rings. The van der Waals surface area contributed by atoms with Gasteiger partial charge in [-0.2, -0.15) is 0 Å². The monoisotopic (exact) mass is 603 g/mol. The highest BCUT2D eigenvalue weighted by atomic mass is 35.5. The van der Waals surface area contributed by atoms with Crippen molar-refractivity contribution in [3.63, 3.8) is 0 Å². The number of amides is 2. The van der Waals surface area contributed by atoms with Crippen LogP contribution >= 0.6 is 23.2 Å². The molecule has 0 bridgehead atoms. The molecule has 0 aliphatic carbocycles. The molecule has 2 atom stereocenters. The number of hydrogen-bond acceptors (Lipinski definition) is 4. The molecule has 0 heterocycles. The number of sulfonamides is 1. The molecular weight excluding hydrogens is 569 g/mol. The lowest BCUT2D eigenvalue weighted by atomic mass is 10.1. The Morgan fingerprint density at radius 1 is 0.850 bits per heavy atom. The summed E-state index contributed by atoms with van der Waals surface area (Å²) in [6.07, 6.45) is 1.07. The van der Waals surface area contributed by atoms with Gasteiger partial charge in [-0.1, -0.05) is 66.9 Å². The number of rotatable bonds is 12. The Hall–Kier alpha value is -3.07. The van der Waals surface area contributed by atoms with E-state index in [0.717, 1.165) is 21.9 Å². The Bertz CT molecular complexity index is 1400. The quantitative estimate of drug-likeness (QED) is 0.266. The van der Waals surface area contributed by atoms with Crippen LogP contribution in [0.1, 0.15) is 44.7 Å². The van der Waals surface area contributed by atoms with Gasteiger partial charge in [0, 0.05) is 22.6 Å². The Morgan fingerprint density at radius 2 is 1.40 bits per heavy atom. The average molecular weight is 605 g/mol. The number of nitrogens with zero attached hydrogens (tertiary/aromatic N) is 2. The molecule has 0 saturated carbocycles. The van der Waals surface area contributed by atoms with E-state index in [9.17, 15) is 18.0 Å². The van der Waals surface area contributed by atoms with Crippen molar-refractivity contribution >= 4 is 50.7 Å². The van der Waals surface area contributed by atoms with Crippen LogP contribution in [0.25, 0.3) is 0 Å². The molecule has 0 saturated heterocycles. The third kappa shape index (κ3) is 7.99. The molecule has 0 spiro atoms. The first-order chi connectivity index (χ1) is 19.0. The molecule has 214 valence electrons. The van der Waals surface area contributed by atoms with E-state index in [-0.39, 0.29) is 23.4 Å². The van der Waals surface area contributed by atoms with Crippen molar-refractivity contribution in [3.05, 3.63) is 94.0 Å². The fourth-order valence-electron chi connectivity index (χ4n) is 4.12. The number of carbonyl (C=O) groups excluding carboxylic acids is 2. The van der Waals surface area contributed by atoms with Gasteiger partial charge in [0.2, 0.25) is 11.8 Å². The van der Waals surface area contributed by atoms with Gasteiger partial charge in [-0.25, -0.2) is 8.42 Å². The highest BCUT2D eigenvalue weighted by Gasteiger charge is 2.34. The summed E-state index contributed by atoms with van der Waals surface area (Å²) in [5.74, 6) is -0.805. The number of benzene rings is 3. The second kappa shape index (κ2) is 14.0. The van der Waals surface area contributed by atoms with Crippen LogP contribution in [-0.2, 0) is 26.2 Å². The molecule has 0 radical (unpaired) electrons. The zero-order valence-corrected chi connectivity index (χ0v) is 25.4. The van der Waals surface area contributed by atoms with Crippen molar-refractivity contribution in [2.45, 2.75) is 64.1 Å². The topological polar surface area (TPSA) is 86.8 Å². The molecule has 3 aromatic rings. The molecule has 3 aromatic carbocycles. The van der Waals surface area contributed by atoms with Gasteiger partial charge in [-0.05, 0) is 80.8 Å². The first-order valence-corrected chi connectivity index (χ1v) is 15.3. The summed E-state index contributed by atoms with van der Waals surface area (Å²) in [6.45, 7) is 7.17. The lowest BCUT2D eigenvalue weighted by molar-refractivity contribution is -0.140. The zero-order valence-electron chi connectivity index (χ0n) is 23.1. The van der Waals surface area contributed by atoms with Gasteiger partial charge >= 0.3 is 0 Å². The van der Waals surface area contributed by atoms with Crippen molar-refractivity contribution in [1.29, 1.82) is 0 Å².